The molecule has 0 aliphatic carbocycles. The summed E-state index contributed by atoms with van der Waals surface area (Å²) in [7, 11) is 0. The van der Waals surface area contributed by atoms with Gasteiger partial charge in [0, 0.05) is 11.6 Å². The van der Waals surface area contributed by atoms with Crippen LogP contribution >= 0.6 is 0 Å². The molecule has 2 nitrogen and oxygen atoms in total. The molecule has 5 heteroatoms. The van der Waals surface area contributed by atoms with Crippen LogP contribution in [0, 0.1) is 11.3 Å². The number of aromatic nitrogens is 1. The lowest BCUT2D eigenvalue weighted by atomic mass is 10.1. The van der Waals surface area contributed by atoms with Crippen LogP contribution in [0.15, 0.2) is 30.5 Å². The van der Waals surface area contributed by atoms with Crippen LogP contribution in [0.4, 0.5) is 13.2 Å². The highest BCUT2D eigenvalue weighted by atomic mass is 19.4. The van der Waals surface area contributed by atoms with Gasteiger partial charge in [0.25, 0.3) is 0 Å². The van der Waals surface area contributed by atoms with Gasteiger partial charge in [-0.05, 0) is 12.1 Å². The molecule has 0 amide bonds. The normalized spacial score (nSPS) is 11.4. The Kier molecular flexibility index (Phi) is 2.27. The highest BCUT2D eigenvalue weighted by molar-refractivity contribution is 5.83. The molecule has 16 heavy (non-hydrogen) atoms. The minimum atomic E-state index is -4.43. The first kappa shape index (κ1) is 10.4. The van der Waals surface area contributed by atoms with Gasteiger partial charge in [-0.25, -0.2) is 0 Å². The lowest BCUT2D eigenvalue weighted by Gasteiger charge is -2.08. The number of alkyl halides is 3. The van der Waals surface area contributed by atoms with Crippen LogP contribution < -0.4 is 0 Å². The van der Waals surface area contributed by atoms with Crippen molar-refractivity contribution in [2.75, 3.05) is 0 Å². The third kappa shape index (κ3) is 1.70. The van der Waals surface area contributed by atoms with Gasteiger partial charge >= 0.3 is 6.18 Å². The van der Waals surface area contributed by atoms with Crippen molar-refractivity contribution in [3.63, 3.8) is 0 Å². The van der Waals surface area contributed by atoms with Crippen molar-refractivity contribution in [1.29, 1.82) is 5.26 Å². The zero-order chi connectivity index (χ0) is 11.8. The molecule has 0 aliphatic heterocycles. The monoisotopic (exact) mass is 222 g/mol. The topological polar surface area (TPSA) is 36.7 Å². The van der Waals surface area contributed by atoms with E-state index in [0.717, 1.165) is 12.3 Å². The van der Waals surface area contributed by atoms with Crippen LogP contribution in [0.25, 0.3) is 10.9 Å². The Balaban J connectivity index is 2.76. The summed E-state index contributed by atoms with van der Waals surface area (Å²) in [4.78, 5) is 3.68. The second kappa shape index (κ2) is 3.49. The number of pyridine rings is 1. The number of nitriles is 1. The average Bonchev–Trinajstić information content (AvgIpc) is 2.26. The summed E-state index contributed by atoms with van der Waals surface area (Å²) in [6.07, 6.45) is -3.29. The average molecular weight is 222 g/mol. The van der Waals surface area contributed by atoms with E-state index in [1.807, 2.05) is 6.07 Å². The predicted octanol–water partition coefficient (Wildman–Crippen LogP) is 3.13. The van der Waals surface area contributed by atoms with E-state index in [2.05, 4.69) is 4.98 Å². The molecular weight excluding hydrogens is 217 g/mol. The minimum absolute atomic E-state index is 0.131. The SMILES string of the molecule is N#Cc1cnc2c(C(F)(F)F)cccc2c1. The number of benzene rings is 1. The van der Waals surface area contributed by atoms with Crippen molar-refractivity contribution >= 4 is 10.9 Å². The van der Waals surface area contributed by atoms with Gasteiger partial charge in [0.15, 0.2) is 0 Å². The van der Waals surface area contributed by atoms with Crippen molar-refractivity contribution in [3.8, 4) is 6.07 Å². The zero-order valence-corrected chi connectivity index (χ0v) is 7.92. The zero-order valence-electron chi connectivity index (χ0n) is 7.92. The number of fused-ring (bicyclic) bond motifs is 1. The first-order valence-corrected chi connectivity index (χ1v) is 4.38. The van der Waals surface area contributed by atoms with Gasteiger partial charge in [-0.1, -0.05) is 12.1 Å². The van der Waals surface area contributed by atoms with Crippen molar-refractivity contribution in [2.24, 2.45) is 0 Å². The van der Waals surface area contributed by atoms with Crippen LogP contribution in [0.1, 0.15) is 11.1 Å². The second-order valence-corrected chi connectivity index (χ2v) is 3.21. The van der Waals surface area contributed by atoms with Crippen LogP contribution in [-0.2, 0) is 6.18 Å². The Morgan fingerprint density at radius 3 is 2.62 bits per heavy atom. The number of hydrogen-bond acceptors (Lipinski definition) is 2. The Morgan fingerprint density at radius 2 is 2.00 bits per heavy atom. The first-order chi connectivity index (χ1) is 7.52. The Labute approximate surface area is 89.0 Å². The Bertz CT molecular complexity index is 582. The van der Waals surface area contributed by atoms with E-state index in [4.69, 9.17) is 5.26 Å². The third-order valence-electron chi connectivity index (χ3n) is 2.15. The highest BCUT2D eigenvalue weighted by Crippen LogP contribution is 2.33. The number of nitrogens with zero attached hydrogens (tertiary/aromatic N) is 2. The fourth-order valence-corrected chi connectivity index (χ4v) is 1.45. The molecule has 0 saturated carbocycles. The van der Waals surface area contributed by atoms with Crippen molar-refractivity contribution in [3.05, 3.63) is 41.6 Å². The van der Waals surface area contributed by atoms with Gasteiger partial charge in [0.05, 0.1) is 16.6 Å². The lowest BCUT2D eigenvalue weighted by Crippen LogP contribution is -2.06. The van der Waals surface area contributed by atoms with Gasteiger partial charge in [0.2, 0.25) is 0 Å². The minimum Gasteiger partial charge on any atom is -0.254 e. The predicted molar refractivity (Wildman–Crippen MR) is 51.5 cm³/mol. The highest BCUT2D eigenvalue weighted by Gasteiger charge is 2.32. The van der Waals surface area contributed by atoms with Gasteiger partial charge in [-0.15, -0.1) is 0 Å². The molecule has 0 fully saturated rings. The van der Waals surface area contributed by atoms with Gasteiger partial charge in [-0.3, -0.25) is 4.98 Å². The fourth-order valence-electron chi connectivity index (χ4n) is 1.45. The lowest BCUT2D eigenvalue weighted by molar-refractivity contribution is -0.136. The van der Waals surface area contributed by atoms with Crippen LogP contribution in [0.2, 0.25) is 0 Å². The second-order valence-electron chi connectivity index (χ2n) is 3.21. The molecule has 1 aromatic carbocycles. The molecule has 0 spiro atoms. The number of rotatable bonds is 0. The van der Waals surface area contributed by atoms with E-state index in [-0.39, 0.29) is 11.1 Å². The summed E-state index contributed by atoms with van der Waals surface area (Å²) in [5, 5.41) is 8.93. The van der Waals surface area contributed by atoms with Crippen LogP contribution in [0.5, 0.6) is 0 Å². The molecule has 1 heterocycles. The van der Waals surface area contributed by atoms with E-state index >= 15 is 0 Å². The summed E-state index contributed by atoms with van der Waals surface area (Å²) in [6.45, 7) is 0. The Hall–Kier alpha value is -2.09. The quantitative estimate of drug-likeness (QED) is 0.686. The molecule has 80 valence electrons. The van der Waals surface area contributed by atoms with E-state index < -0.39 is 11.7 Å². The molecule has 0 N–H and O–H groups in total. The number of para-hydroxylation sites is 1. The standard InChI is InChI=1S/C11H5F3N2/c12-11(13,14)9-3-1-2-8-4-7(5-15)6-16-10(8)9/h1-4,6H. The molecule has 1 aromatic heterocycles. The number of hydrogen-bond donors (Lipinski definition) is 0. The van der Waals surface area contributed by atoms with Gasteiger partial charge in [-0.2, -0.15) is 18.4 Å². The summed E-state index contributed by atoms with van der Waals surface area (Å²) in [6, 6.07) is 6.99. The first-order valence-electron chi connectivity index (χ1n) is 4.38. The van der Waals surface area contributed by atoms with Gasteiger partial charge < -0.3 is 0 Å². The summed E-state index contributed by atoms with van der Waals surface area (Å²) in [5.74, 6) is 0. The maximum atomic E-state index is 12.6. The maximum Gasteiger partial charge on any atom is 0.418 e. The summed E-state index contributed by atoms with van der Waals surface area (Å²) >= 11 is 0. The molecule has 0 unspecified atom stereocenters. The van der Waals surface area contributed by atoms with E-state index in [1.54, 1.807) is 0 Å². The molecule has 2 aromatic rings. The molecule has 0 bridgehead atoms. The number of halogens is 3. The van der Waals surface area contributed by atoms with Crippen molar-refractivity contribution in [1.82, 2.24) is 4.98 Å². The van der Waals surface area contributed by atoms with E-state index in [9.17, 15) is 13.2 Å². The van der Waals surface area contributed by atoms with Crippen molar-refractivity contribution < 1.29 is 13.2 Å². The fraction of sp³-hybridized carbons (Fsp3) is 0.0909. The van der Waals surface area contributed by atoms with Crippen molar-refractivity contribution in [2.45, 2.75) is 6.18 Å². The molecular formula is C11H5F3N2. The molecule has 0 atom stereocenters. The third-order valence-corrected chi connectivity index (χ3v) is 2.15. The molecule has 0 radical (unpaired) electrons. The maximum absolute atomic E-state index is 12.6. The summed E-state index contributed by atoms with van der Waals surface area (Å²) < 4.78 is 37.8. The van der Waals surface area contributed by atoms with E-state index in [0.29, 0.717) is 5.39 Å². The van der Waals surface area contributed by atoms with E-state index in [1.165, 1.54) is 18.2 Å². The van der Waals surface area contributed by atoms with Crippen LogP contribution in [0.3, 0.4) is 0 Å². The largest absolute Gasteiger partial charge is 0.418 e. The molecule has 2 rings (SSSR count). The van der Waals surface area contributed by atoms with Crippen LogP contribution in [-0.4, -0.2) is 4.98 Å². The van der Waals surface area contributed by atoms with Gasteiger partial charge in [0.1, 0.15) is 6.07 Å². The molecule has 0 aliphatic rings. The summed E-state index contributed by atoms with van der Waals surface area (Å²) in [5.41, 5.74) is -0.671. The Morgan fingerprint density at radius 1 is 1.25 bits per heavy atom. The smallest absolute Gasteiger partial charge is 0.254 e. The molecule has 0 saturated heterocycles.